The number of fused-ring (bicyclic) bond motifs is 5. The number of hydrogen-bond donors (Lipinski definition) is 0. The van der Waals surface area contributed by atoms with Crippen LogP contribution >= 0.6 is 31.9 Å². The Morgan fingerprint density at radius 2 is 1.57 bits per heavy atom. The number of anilines is 1. The molecule has 4 rings (SSSR count). The van der Waals surface area contributed by atoms with Gasteiger partial charge in [0.05, 0.1) is 22.4 Å². The molecule has 152 valence electrons. The van der Waals surface area contributed by atoms with E-state index in [2.05, 4.69) is 31.9 Å². The number of benzene rings is 1. The van der Waals surface area contributed by atoms with Crippen LogP contribution in [0.4, 0.5) is 5.69 Å². The summed E-state index contributed by atoms with van der Waals surface area (Å²) >= 11 is 7.35. The van der Waals surface area contributed by atoms with E-state index in [1.165, 1.54) is 21.3 Å². The van der Waals surface area contributed by atoms with Gasteiger partial charge < -0.3 is 0 Å². The predicted molar refractivity (Wildman–Crippen MR) is 113 cm³/mol. The van der Waals surface area contributed by atoms with E-state index in [-0.39, 0.29) is 50.0 Å². The highest BCUT2D eigenvalue weighted by Crippen LogP contribution is 2.60. The lowest BCUT2D eigenvalue weighted by Crippen LogP contribution is -2.37. The molecule has 2 bridgehead atoms. The molecule has 1 aromatic rings. The standard InChI is InChI=1S/C19H22Br2N2O4S/c1-3-22(4-2)28(26,27)11-7-5-6-10(8-11)23-18(24)14-12-9-13(15(14)19(23)25)17(21)16(12)20/h5-8,12-17H,3-4,9H2,1-2H3/t12-,13-,14-,15-,16-,17+/m1/s1. The fourth-order valence-corrected chi connectivity index (χ4v) is 8.47. The Balaban J connectivity index is 1.70. The molecule has 1 aromatic carbocycles. The van der Waals surface area contributed by atoms with E-state index in [1.807, 2.05) is 0 Å². The topological polar surface area (TPSA) is 74.8 Å². The number of rotatable bonds is 5. The minimum Gasteiger partial charge on any atom is -0.274 e. The van der Waals surface area contributed by atoms with Crippen molar-refractivity contribution in [3.63, 3.8) is 0 Å². The van der Waals surface area contributed by atoms with Crippen LogP contribution in [-0.2, 0) is 19.6 Å². The van der Waals surface area contributed by atoms with Gasteiger partial charge in [-0.3, -0.25) is 9.59 Å². The van der Waals surface area contributed by atoms with E-state index in [1.54, 1.807) is 26.0 Å². The van der Waals surface area contributed by atoms with Crippen LogP contribution < -0.4 is 4.90 Å². The maximum atomic E-state index is 13.2. The van der Waals surface area contributed by atoms with Crippen LogP contribution in [-0.4, -0.2) is 47.3 Å². The van der Waals surface area contributed by atoms with Gasteiger partial charge in [0.1, 0.15) is 0 Å². The van der Waals surface area contributed by atoms with Crippen LogP contribution in [0.25, 0.3) is 0 Å². The van der Waals surface area contributed by atoms with Crippen LogP contribution in [0.2, 0.25) is 0 Å². The molecule has 0 spiro atoms. The number of sulfonamides is 1. The van der Waals surface area contributed by atoms with Gasteiger partial charge in [0.2, 0.25) is 21.8 Å². The molecular formula is C19H22Br2N2O4S. The highest BCUT2D eigenvalue weighted by atomic mass is 79.9. The second-order valence-electron chi connectivity index (χ2n) is 7.60. The molecule has 6 nitrogen and oxygen atoms in total. The van der Waals surface area contributed by atoms with E-state index >= 15 is 0 Å². The fraction of sp³-hybridized carbons (Fsp3) is 0.579. The summed E-state index contributed by atoms with van der Waals surface area (Å²) in [6.45, 7) is 4.28. The number of carbonyl (C=O) groups is 2. The summed E-state index contributed by atoms with van der Waals surface area (Å²) in [5.41, 5.74) is 0.342. The van der Waals surface area contributed by atoms with Crippen LogP contribution in [0.1, 0.15) is 20.3 Å². The van der Waals surface area contributed by atoms with Gasteiger partial charge in [-0.25, -0.2) is 13.3 Å². The first-order valence-electron chi connectivity index (χ1n) is 9.50. The molecule has 2 aliphatic carbocycles. The van der Waals surface area contributed by atoms with Crippen molar-refractivity contribution in [3.8, 4) is 0 Å². The zero-order chi connectivity index (χ0) is 20.4. The minimum absolute atomic E-state index is 0.103. The number of imide groups is 1. The number of amides is 2. The number of carbonyl (C=O) groups excluding carboxylic acids is 2. The second-order valence-corrected chi connectivity index (χ2v) is 11.7. The Morgan fingerprint density at radius 3 is 2.07 bits per heavy atom. The number of hydrogen-bond acceptors (Lipinski definition) is 4. The van der Waals surface area contributed by atoms with Crippen LogP contribution in [0.15, 0.2) is 29.2 Å². The first kappa shape index (κ1) is 20.5. The quantitative estimate of drug-likeness (QED) is 0.430. The smallest absolute Gasteiger partial charge is 0.243 e. The van der Waals surface area contributed by atoms with Crippen molar-refractivity contribution in [1.29, 1.82) is 0 Å². The van der Waals surface area contributed by atoms with E-state index in [0.29, 0.717) is 18.8 Å². The molecule has 28 heavy (non-hydrogen) atoms. The second kappa shape index (κ2) is 7.18. The summed E-state index contributed by atoms with van der Waals surface area (Å²) < 4.78 is 27.1. The van der Waals surface area contributed by atoms with Gasteiger partial charge >= 0.3 is 0 Å². The molecule has 0 aromatic heterocycles. The summed E-state index contributed by atoms with van der Waals surface area (Å²) in [6, 6.07) is 6.19. The van der Waals surface area contributed by atoms with Gasteiger partial charge in [-0.1, -0.05) is 51.8 Å². The lowest BCUT2D eigenvalue weighted by molar-refractivity contribution is -0.123. The van der Waals surface area contributed by atoms with Gasteiger partial charge in [0, 0.05) is 22.7 Å². The minimum atomic E-state index is -3.66. The van der Waals surface area contributed by atoms with E-state index in [0.717, 1.165) is 6.42 Å². The fourth-order valence-electron chi connectivity index (χ4n) is 5.10. The maximum absolute atomic E-state index is 13.2. The lowest BCUT2D eigenvalue weighted by atomic mass is 9.81. The highest BCUT2D eigenvalue weighted by molar-refractivity contribution is 9.12. The molecule has 0 N–H and O–H groups in total. The van der Waals surface area contributed by atoms with Crippen molar-refractivity contribution in [2.75, 3.05) is 18.0 Å². The first-order valence-corrected chi connectivity index (χ1v) is 12.8. The average Bonchev–Trinajstić information content (AvgIpc) is 3.27. The zero-order valence-electron chi connectivity index (χ0n) is 15.6. The van der Waals surface area contributed by atoms with Gasteiger partial charge in [0.25, 0.3) is 0 Å². The van der Waals surface area contributed by atoms with Gasteiger partial charge in [-0.2, -0.15) is 4.31 Å². The summed E-state index contributed by atoms with van der Waals surface area (Å²) in [4.78, 5) is 28.0. The summed E-state index contributed by atoms with van der Waals surface area (Å²) in [7, 11) is -3.66. The molecule has 2 saturated carbocycles. The van der Waals surface area contributed by atoms with Crippen molar-refractivity contribution in [2.24, 2.45) is 23.7 Å². The van der Waals surface area contributed by atoms with E-state index in [4.69, 9.17) is 0 Å². The Morgan fingerprint density at radius 1 is 1.04 bits per heavy atom. The molecule has 0 radical (unpaired) electrons. The third-order valence-corrected chi connectivity index (χ3v) is 11.7. The normalized spacial score (nSPS) is 34.5. The largest absolute Gasteiger partial charge is 0.274 e. The monoisotopic (exact) mass is 532 g/mol. The highest BCUT2D eigenvalue weighted by Gasteiger charge is 2.66. The van der Waals surface area contributed by atoms with Crippen molar-refractivity contribution in [1.82, 2.24) is 4.31 Å². The molecule has 3 aliphatic rings. The average molecular weight is 534 g/mol. The summed E-state index contributed by atoms with van der Waals surface area (Å²) in [5, 5.41) is 0. The number of halogens is 2. The van der Waals surface area contributed by atoms with E-state index < -0.39 is 10.0 Å². The van der Waals surface area contributed by atoms with Crippen molar-refractivity contribution >= 4 is 59.4 Å². The SMILES string of the molecule is CCN(CC)S(=O)(=O)c1cccc(N2C(=O)[C@@H]3[C@H]4C[C@@H]([C@@H](Br)[C@H]4Br)[C@H]3C2=O)c1. The molecule has 1 aliphatic heterocycles. The Hall–Kier alpha value is -0.770. The number of nitrogens with zero attached hydrogens (tertiary/aromatic N) is 2. The summed E-state index contributed by atoms with van der Waals surface area (Å²) in [5.74, 6) is -0.795. The third kappa shape index (κ3) is 2.76. The van der Waals surface area contributed by atoms with Gasteiger partial charge in [-0.15, -0.1) is 0 Å². The molecule has 0 unspecified atom stereocenters. The zero-order valence-corrected chi connectivity index (χ0v) is 19.6. The first-order chi connectivity index (χ1) is 13.2. The van der Waals surface area contributed by atoms with Gasteiger partial charge in [-0.05, 0) is 36.5 Å². The third-order valence-electron chi connectivity index (χ3n) is 6.41. The molecular weight excluding hydrogens is 512 g/mol. The Kier molecular flexibility index (Phi) is 5.26. The van der Waals surface area contributed by atoms with Gasteiger partial charge in [0.15, 0.2) is 0 Å². The molecule has 3 fully saturated rings. The molecule has 9 heteroatoms. The van der Waals surface area contributed by atoms with Crippen LogP contribution in [0, 0.1) is 23.7 Å². The number of alkyl halides is 2. The van der Waals surface area contributed by atoms with Crippen molar-refractivity contribution < 1.29 is 18.0 Å². The Labute approximate surface area is 181 Å². The molecule has 1 heterocycles. The van der Waals surface area contributed by atoms with E-state index in [9.17, 15) is 18.0 Å². The summed E-state index contributed by atoms with van der Waals surface area (Å²) in [6.07, 6.45) is 0.864. The maximum Gasteiger partial charge on any atom is 0.243 e. The lowest BCUT2D eigenvalue weighted by Gasteiger charge is -2.28. The molecule has 2 amide bonds. The molecule has 1 saturated heterocycles. The van der Waals surface area contributed by atoms with Crippen LogP contribution in [0.5, 0.6) is 0 Å². The molecule has 6 atom stereocenters. The van der Waals surface area contributed by atoms with Crippen molar-refractivity contribution in [3.05, 3.63) is 24.3 Å². The predicted octanol–water partition coefficient (Wildman–Crippen LogP) is 3.00. The Bertz CT molecular complexity index is 902. The van der Waals surface area contributed by atoms with Crippen molar-refractivity contribution in [2.45, 2.75) is 34.8 Å². The van der Waals surface area contributed by atoms with Crippen LogP contribution in [0.3, 0.4) is 0 Å².